The molecule has 0 fully saturated rings. The van der Waals surface area contributed by atoms with Gasteiger partial charge in [0.15, 0.2) is 0 Å². The third kappa shape index (κ3) is 4.42. The van der Waals surface area contributed by atoms with E-state index < -0.39 is 0 Å². The van der Waals surface area contributed by atoms with Crippen LogP contribution in [0.15, 0.2) is 84.0 Å². The number of carbonyl (C=O) groups is 1. The zero-order valence-corrected chi connectivity index (χ0v) is 18.6. The molecule has 0 bridgehead atoms. The monoisotopic (exact) mass is 455 g/mol. The molecular formula is C25H21N5O2S. The molecule has 33 heavy (non-hydrogen) atoms. The minimum absolute atomic E-state index is 0.263. The van der Waals surface area contributed by atoms with Crippen LogP contribution in [0.2, 0.25) is 0 Å². The van der Waals surface area contributed by atoms with Crippen LogP contribution in [-0.4, -0.2) is 16.0 Å². The molecule has 4 aromatic rings. The Morgan fingerprint density at radius 3 is 2.55 bits per heavy atom. The van der Waals surface area contributed by atoms with Crippen molar-refractivity contribution >= 4 is 28.6 Å². The van der Waals surface area contributed by atoms with Gasteiger partial charge in [-0.15, -0.1) is 11.3 Å². The molecule has 5 rings (SSSR count). The summed E-state index contributed by atoms with van der Waals surface area (Å²) >= 11 is 1.53. The predicted molar refractivity (Wildman–Crippen MR) is 130 cm³/mol. The molecule has 1 unspecified atom stereocenters. The lowest BCUT2D eigenvalue weighted by Gasteiger charge is -2.28. The Balaban J connectivity index is 1.45. The number of anilines is 1. The largest absolute Gasteiger partial charge is 0.439 e. The summed E-state index contributed by atoms with van der Waals surface area (Å²) in [4.78, 5) is 21.6. The van der Waals surface area contributed by atoms with E-state index in [0.717, 1.165) is 33.1 Å². The van der Waals surface area contributed by atoms with Gasteiger partial charge in [-0.05, 0) is 42.8 Å². The van der Waals surface area contributed by atoms with Crippen LogP contribution in [0, 0.1) is 0 Å². The highest BCUT2D eigenvalue weighted by atomic mass is 32.1. The quantitative estimate of drug-likeness (QED) is 0.351. The minimum Gasteiger partial charge on any atom is -0.439 e. The second-order valence-electron chi connectivity index (χ2n) is 7.57. The number of nitrogens with zero attached hydrogens (tertiary/aromatic N) is 2. The van der Waals surface area contributed by atoms with Gasteiger partial charge in [0.2, 0.25) is 5.88 Å². The number of nitrogen functional groups attached to an aromatic ring is 1. The summed E-state index contributed by atoms with van der Waals surface area (Å²) in [6, 6.07) is 20.1. The van der Waals surface area contributed by atoms with Crippen LogP contribution in [0.25, 0.3) is 16.8 Å². The van der Waals surface area contributed by atoms with Gasteiger partial charge < -0.3 is 21.1 Å². The first-order valence-corrected chi connectivity index (χ1v) is 11.2. The molecule has 1 aliphatic rings. The van der Waals surface area contributed by atoms with Crippen molar-refractivity contribution in [1.82, 2.24) is 20.6 Å². The van der Waals surface area contributed by atoms with E-state index in [1.807, 2.05) is 73.0 Å². The van der Waals surface area contributed by atoms with Gasteiger partial charge in [0, 0.05) is 40.2 Å². The van der Waals surface area contributed by atoms with Crippen molar-refractivity contribution in [1.29, 1.82) is 0 Å². The van der Waals surface area contributed by atoms with Crippen molar-refractivity contribution in [3.8, 4) is 22.9 Å². The molecule has 7 nitrogen and oxygen atoms in total. The van der Waals surface area contributed by atoms with Gasteiger partial charge in [0.25, 0.3) is 0 Å². The Kier molecular flexibility index (Phi) is 5.50. The topological polar surface area (TPSA) is 102 Å². The van der Waals surface area contributed by atoms with Crippen molar-refractivity contribution in [2.75, 3.05) is 5.73 Å². The van der Waals surface area contributed by atoms with Crippen LogP contribution >= 0.6 is 11.3 Å². The minimum atomic E-state index is -0.387. The number of rotatable bonds is 5. The van der Waals surface area contributed by atoms with Crippen LogP contribution in [0.5, 0.6) is 11.6 Å². The lowest BCUT2D eigenvalue weighted by Crippen LogP contribution is -2.42. The molecule has 0 radical (unpaired) electrons. The number of allylic oxidation sites excluding steroid dienone is 1. The number of urea groups is 1. The molecule has 0 saturated heterocycles. The summed E-state index contributed by atoms with van der Waals surface area (Å²) in [6.45, 7) is 1.88. The predicted octanol–water partition coefficient (Wildman–Crippen LogP) is 5.36. The molecule has 0 spiro atoms. The zero-order valence-electron chi connectivity index (χ0n) is 17.8. The highest BCUT2D eigenvalue weighted by Gasteiger charge is 2.29. The van der Waals surface area contributed by atoms with Gasteiger partial charge in [-0.3, -0.25) is 0 Å². The van der Waals surface area contributed by atoms with Crippen molar-refractivity contribution in [3.05, 3.63) is 94.6 Å². The van der Waals surface area contributed by atoms with Crippen LogP contribution in [0.1, 0.15) is 23.5 Å². The maximum atomic E-state index is 12.3. The number of pyridine rings is 1. The van der Waals surface area contributed by atoms with Gasteiger partial charge >= 0.3 is 6.03 Å². The fourth-order valence-electron chi connectivity index (χ4n) is 3.64. The smallest absolute Gasteiger partial charge is 0.319 e. The summed E-state index contributed by atoms with van der Waals surface area (Å²) in [5.74, 6) is 1.19. The molecule has 0 saturated carbocycles. The SMILES string of the molecule is CC1=C(c2nc(-c3ccc(N)cc3)cs2)C(c2ccc(Oc3ccccc3)nc2)NC(=O)N1. The number of hydrogen-bond donors (Lipinski definition) is 3. The van der Waals surface area contributed by atoms with Crippen molar-refractivity contribution in [3.63, 3.8) is 0 Å². The fourth-order valence-corrected chi connectivity index (χ4v) is 4.60. The normalized spacial score (nSPS) is 15.7. The van der Waals surface area contributed by atoms with Gasteiger partial charge in [-0.2, -0.15) is 0 Å². The highest BCUT2D eigenvalue weighted by molar-refractivity contribution is 7.11. The molecule has 2 amide bonds. The standard InChI is InChI=1S/C25H21N5O2S/c1-15-22(24-29-20(14-33-24)16-7-10-18(26)11-8-16)23(30-25(31)28-15)17-9-12-21(27-13-17)32-19-5-3-2-4-6-19/h2-14,23H,26H2,1H3,(H2,28,30,31). The Morgan fingerprint density at radius 2 is 1.82 bits per heavy atom. The summed E-state index contributed by atoms with van der Waals surface area (Å²) in [6.07, 6.45) is 1.72. The summed E-state index contributed by atoms with van der Waals surface area (Å²) in [5, 5.41) is 8.69. The molecule has 8 heteroatoms. The Labute approximate surface area is 195 Å². The first kappa shape index (κ1) is 20.7. The molecule has 0 aliphatic carbocycles. The number of hydrogen-bond acceptors (Lipinski definition) is 6. The number of para-hydroxylation sites is 1. The van der Waals surface area contributed by atoms with Crippen LogP contribution in [-0.2, 0) is 0 Å². The number of benzene rings is 2. The fraction of sp³-hybridized carbons (Fsp3) is 0.0800. The first-order chi connectivity index (χ1) is 16.1. The third-order valence-electron chi connectivity index (χ3n) is 5.27. The number of ether oxygens (including phenoxy) is 1. The van der Waals surface area contributed by atoms with Gasteiger partial charge in [0.05, 0.1) is 11.7 Å². The maximum absolute atomic E-state index is 12.3. The lowest BCUT2D eigenvalue weighted by atomic mass is 9.97. The summed E-state index contributed by atoms with van der Waals surface area (Å²) in [5.41, 5.74) is 10.9. The summed E-state index contributed by atoms with van der Waals surface area (Å²) < 4.78 is 5.79. The number of nitrogens with two attached hydrogens (primary N) is 1. The second-order valence-corrected chi connectivity index (χ2v) is 8.43. The van der Waals surface area contributed by atoms with E-state index in [9.17, 15) is 4.79 Å². The molecule has 2 aromatic heterocycles. The number of aromatic nitrogens is 2. The van der Waals surface area contributed by atoms with Gasteiger partial charge in [-0.1, -0.05) is 30.3 Å². The average Bonchev–Trinajstić information content (AvgIpc) is 3.30. The van der Waals surface area contributed by atoms with E-state index in [-0.39, 0.29) is 12.1 Å². The average molecular weight is 456 g/mol. The van der Waals surface area contributed by atoms with E-state index in [1.165, 1.54) is 11.3 Å². The lowest BCUT2D eigenvalue weighted by molar-refractivity contribution is 0.240. The summed E-state index contributed by atoms with van der Waals surface area (Å²) in [7, 11) is 0. The van der Waals surface area contributed by atoms with E-state index in [2.05, 4.69) is 15.6 Å². The van der Waals surface area contributed by atoms with Crippen LogP contribution in [0.4, 0.5) is 10.5 Å². The van der Waals surface area contributed by atoms with E-state index in [1.54, 1.807) is 12.3 Å². The van der Waals surface area contributed by atoms with Crippen molar-refractivity contribution < 1.29 is 9.53 Å². The molecule has 3 heterocycles. The molecule has 1 atom stereocenters. The number of amides is 2. The number of nitrogens with one attached hydrogen (secondary N) is 2. The number of thiazole rings is 1. The van der Waals surface area contributed by atoms with Crippen LogP contribution in [0.3, 0.4) is 0 Å². The van der Waals surface area contributed by atoms with Crippen molar-refractivity contribution in [2.24, 2.45) is 0 Å². The maximum Gasteiger partial charge on any atom is 0.319 e. The van der Waals surface area contributed by atoms with Crippen LogP contribution < -0.4 is 21.1 Å². The Bertz CT molecular complexity index is 1320. The zero-order chi connectivity index (χ0) is 22.8. The Morgan fingerprint density at radius 1 is 1.03 bits per heavy atom. The molecule has 164 valence electrons. The van der Waals surface area contributed by atoms with E-state index >= 15 is 0 Å². The van der Waals surface area contributed by atoms with Crippen molar-refractivity contribution in [2.45, 2.75) is 13.0 Å². The molecule has 4 N–H and O–H groups in total. The Hall–Kier alpha value is -4.17. The molecule has 1 aliphatic heterocycles. The second kappa shape index (κ2) is 8.76. The number of carbonyl (C=O) groups excluding carboxylic acids is 1. The van der Waals surface area contributed by atoms with E-state index in [4.69, 9.17) is 15.5 Å². The highest BCUT2D eigenvalue weighted by Crippen LogP contribution is 2.37. The third-order valence-corrected chi connectivity index (χ3v) is 6.14. The first-order valence-electron chi connectivity index (χ1n) is 10.4. The molecular weight excluding hydrogens is 434 g/mol. The van der Waals surface area contributed by atoms with Gasteiger partial charge in [0.1, 0.15) is 10.8 Å². The van der Waals surface area contributed by atoms with Gasteiger partial charge in [-0.25, -0.2) is 14.8 Å². The molecule has 2 aromatic carbocycles. The van der Waals surface area contributed by atoms with E-state index in [0.29, 0.717) is 17.3 Å².